The van der Waals surface area contributed by atoms with Gasteiger partial charge in [0.1, 0.15) is 0 Å². The number of aliphatic hydroxyl groups excluding tert-OH is 1. The quantitative estimate of drug-likeness (QED) is 0.596. The van der Waals surface area contributed by atoms with Crippen molar-refractivity contribution in [3.05, 3.63) is 35.2 Å². The molecule has 0 saturated heterocycles. The van der Waals surface area contributed by atoms with Crippen molar-refractivity contribution in [3.63, 3.8) is 0 Å². The third-order valence-electron chi connectivity index (χ3n) is 2.39. The monoisotopic (exact) mass is 272 g/mol. The highest BCUT2D eigenvalue weighted by atomic mass is 79.9. The van der Waals surface area contributed by atoms with Crippen molar-refractivity contribution >= 4 is 15.9 Å². The van der Waals surface area contributed by atoms with E-state index in [1.54, 1.807) is 12.3 Å². The van der Waals surface area contributed by atoms with Gasteiger partial charge in [-0.25, -0.2) is 0 Å². The van der Waals surface area contributed by atoms with E-state index in [4.69, 9.17) is 4.42 Å². The molecule has 1 N–H and O–H groups in total. The maximum atomic E-state index is 9.84. The number of halogens is 1. The fourth-order valence-corrected chi connectivity index (χ4v) is 2.01. The number of aliphatic hydroxyl groups is 1. The van der Waals surface area contributed by atoms with Crippen LogP contribution >= 0.6 is 15.9 Å². The highest BCUT2D eigenvalue weighted by Crippen LogP contribution is 2.27. The molecule has 1 aromatic rings. The van der Waals surface area contributed by atoms with Crippen LogP contribution in [0.25, 0.3) is 0 Å². The van der Waals surface area contributed by atoms with Crippen molar-refractivity contribution in [3.8, 4) is 0 Å². The summed E-state index contributed by atoms with van der Waals surface area (Å²) in [7, 11) is 0. The Balaban J connectivity index is 2.22. The zero-order valence-electron chi connectivity index (χ0n) is 8.79. The van der Waals surface area contributed by atoms with Crippen LogP contribution in [0.15, 0.2) is 34.1 Å². The van der Waals surface area contributed by atoms with E-state index in [1.807, 2.05) is 6.08 Å². The molecule has 0 bridgehead atoms. The van der Waals surface area contributed by atoms with Crippen molar-refractivity contribution < 1.29 is 9.52 Å². The molecule has 3 heteroatoms. The Hall–Kier alpha value is -0.540. The van der Waals surface area contributed by atoms with Crippen LogP contribution in [0, 0.1) is 0 Å². The Morgan fingerprint density at radius 3 is 2.87 bits per heavy atom. The predicted octanol–water partition coefficient (Wildman–Crippen LogP) is 4.21. The van der Waals surface area contributed by atoms with E-state index in [9.17, 15) is 5.11 Å². The second-order valence-electron chi connectivity index (χ2n) is 3.59. The molecule has 1 unspecified atom stereocenters. The SMILES string of the molecule is C=CCCCCCC(O)c1ccoc1Br. The lowest BCUT2D eigenvalue weighted by Gasteiger charge is -2.08. The van der Waals surface area contributed by atoms with Gasteiger partial charge in [-0.1, -0.05) is 18.9 Å². The van der Waals surface area contributed by atoms with Gasteiger partial charge in [0.15, 0.2) is 4.67 Å². The lowest BCUT2D eigenvalue weighted by atomic mass is 10.1. The fraction of sp³-hybridized carbons (Fsp3) is 0.500. The number of allylic oxidation sites excluding steroid dienone is 1. The van der Waals surface area contributed by atoms with Crippen LogP contribution < -0.4 is 0 Å². The van der Waals surface area contributed by atoms with E-state index in [1.165, 1.54) is 0 Å². The van der Waals surface area contributed by atoms with Crippen LogP contribution in [0.2, 0.25) is 0 Å². The average molecular weight is 273 g/mol. The van der Waals surface area contributed by atoms with Crippen LogP contribution in [0.3, 0.4) is 0 Å². The summed E-state index contributed by atoms with van der Waals surface area (Å²) < 4.78 is 5.71. The zero-order valence-corrected chi connectivity index (χ0v) is 10.4. The summed E-state index contributed by atoms with van der Waals surface area (Å²) in [6.45, 7) is 3.68. The summed E-state index contributed by atoms with van der Waals surface area (Å²) in [6.07, 6.45) is 8.28. The van der Waals surface area contributed by atoms with Gasteiger partial charge < -0.3 is 9.52 Å². The molecule has 0 fully saturated rings. The first-order valence-corrected chi connectivity index (χ1v) is 6.07. The van der Waals surface area contributed by atoms with Crippen molar-refractivity contribution in [1.29, 1.82) is 0 Å². The molecule has 2 nitrogen and oxygen atoms in total. The Bertz CT molecular complexity index is 294. The molecule has 0 saturated carbocycles. The van der Waals surface area contributed by atoms with Gasteiger partial charge in [0.05, 0.1) is 12.4 Å². The summed E-state index contributed by atoms with van der Waals surface area (Å²) in [6, 6.07) is 1.80. The highest BCUT2D eigenvalue weighted by molar-refractivity contribution is 9.10. The second kappa shape index (κ2) is 6.85. The third kappa shape index (κ3) is 4.22. The van der Waals surface area contributed by atoms with E-state index in [2.05, 4.69) is 22.5 Å². The second-order valence-corrected chi connectivity index (χ2v) is 4.31. The molecule has 84 valence electrons. The molecule has 0 spiro atoms. The van der Waals surface area contributed by atoms with Crippen molar-refractivity contribution in [1.82, 2.24) is 0 Å². The summed E-state index contributed by atoms with van der Waals surface area (Å²) in [4.78, 5) is 0. The molecule has 0 amide bonds. The van der Waals surface area contributed by atoms with Crippen LogP contribution in [-0.2, 0) is 0 Å². The van der Waals surface area contributed by atoms with E-state index >= 15 is 0 Å². The van der Waals surface area contributed by atoms with Crippen molar-refractivity contribution in [2.75, 3.05) is 0 Å². The molecule has 1 atom stereocenters. The zero-order chi connectivity index (χ0) is 11.1. The van der Waals surface area contributed by atoms with Gasteiger partial charge in [0, 0.05) is 5.56 Å². The summed E-state index contributed by atoms with van der Waals surface area (Å²) >= 11 is 3.26. The summed E-state index contributed by atoms with van der Waals surface area (Å²) in [5, 5.41) is 9.84. The largest absolute Gasteiger partial charge is 0.457 e. The molecule has 0 radical (unpaired) electrons. The first-order valence-electron chi connectivity index (χ1n) is 5.27. The number of unbranched alkanes of at least 4 members (excludes halogenated alkanes) is 3. The van der Waals surface area contributed by atoms with Gasteiger partial charge in [0.2, 0.25) is 0 Å². The topological polar surface area (TPSA) is 33.4 Å². The number of rotatable bonds is 7. The van der Waals surface area contributed by atoms with E-state index < -0.39 is 6.10 Å². The third-order valence-corrected chi connectivity index (χ3v) is 3.04. The molecule has 1 heterocycles. The smallest absolute Gasteiger partial charge is 0.174 e. The molecule has 0 aromatic carbocycles. The molecular weight excluding hydrogens is 256 g/mol. The molecule has 1 rings (SSSR count). The van der Waals surface area contributed by atoms with E-state index in [0.29, 0.717) is 4.67 Å². The minimum absolute atomic E-state index is 0.415. The maximum Gasteiger partial charge on any atom is 0.174 e. The Morgan fingerprint density at radius 2 is 2.27 bits per heavy atom. The standard InChI is InChI=1S/C12H17BrO2/c1-2-3-4-5-6-7-11(14)10-8-9-15-12(10)13/h2,8-9,11,14H,1,3-7H2. The van der Waals surface area contributed by atoms with Crippen molar-refractivity contribution in [2.45, 2.75) is 38.2 Å². The first-order chi connectivity index (χ1) is 7.25. The van der Waals surface area contributed by atoms with Gasteiger partial charge in [-0.05, 0) is 41.3 Å². The van der Waals surface area contributed by atoms with Gasteiger partial charge in [-0.15, -0.1) is 6.58 Å². The lowest BCUT2D eigenvalue weighted by molar-refractivity contribution is 0.161. The molecule has 15 heavy (non-hydrogen) atoms. The molecular formula is C12H17BrO2. The Labute approximate surface area is 99.1 Å². The normalized spacial score (nSPS) is 12.7. The molecule has 0 aliphatic heterocycles. The first kappa shape index (κ1) is 12.5. The summed E-state index contributed by atoms with van der Waals surface area (Å²) in [5.41, 5.74) is 0.846. The van der Waals surface area contributed by atoms with Crippen molar-refractivity contribution in [2.24, 2.45) is 0 Å². The van der Waals surface area contributed by atoms with E-state index in [0.717, 1.165) is 37.7 Å². The predicted molar refractivity (Wildman–Crippen MR) is 64.6 cm³/mol. The molecule has 1 aromatic heterocycles. The average Bonchev–Trinajstić information content (AvgIpc) is 2.64. The Morgan fingerprint density at radius 1 is 1.47 bits per heavy atom. The van der Waals surface area contributed by atoms with Gasteiger partial charge >= 0.3 is 0 Å². The van der Waals surface area contributed by atoms with E-state index in [-0.39, 0.29) is 0 Å². The number of hydrogen-bond acceptors (Lipinski definition) is 2. The number of furan rings is 1. The Kier molecular flexibility index (Phi) is 5.73. The fourth-order valence-electron chi connectivity index (χ4n) is 1.50. The maximum absolute atomic E-state index is 9.84. The van der Waals surface area contributed by atoms with Crippen LogP contribution in [-0.4, -0.2) is 5.11 Å². The van der Waals surface area contributed by atoms with Gasteiger partial charge in [0.25, 0.3) is 0 Å². The van der Waals surface area contributed by atoms with Crippen LogP contribution in [0.5, 0.6) is 0 Å². The molecule has 0 aliphatic carbocycles. The molecule has 0 aliphatic rings. The van der Waals surface area contributed by atoms with Crippen LogP contribution in [0.1, 0.15) is 43.8 Å². The van der Waals surface area contributed by atoms with Crippen LogP contribution in [0.4, 0.5) is 0 Å². The minimum atomic E-state index is -0.415. The van der Waals surface area contributed by atoms with Gasteiger partial charge in [-0.3, -0.25) is 0 Å². The summed E-state index contributed by atoms with van der Waals surface area (Å²) in [5.74, 6) is 0. The minimum Gasteiger partial charge on any atom is -0.457 e. The number of hydrogen-bond donors (Lipinski definition) is 1. The highest BCUT2D eigenvalue weighted by Gasteiger charge is 2.12. The lowest BCUT2D eigenvalue weighted by Crippen LogP contribution is -1.96. The van der Waals surface area contributed by atoms with Gasteiger partial charge in [-0.2, -0.15) is 0 Å².